The first kappa shape index (κ1) is 11.7. The van der Waals surface area contributed by atoms with Crippen LogP contribution in [0.2, 0.25) is 0 Å². The Morgan fingerprint density at radius 1 is 1.43 bits per heavy atom. The van der Waals surface area contributed by atoms with E-state index >= 15 is 0 Å². The van der Waals surface area contributed by atoms with E-state index in [4.69, 9.17) is 5.73 Å². The smallest absolute Gasteiger partial charge is 0.0807 e. The fraction of sp³-hybridized carbons (Fsp3) is 0.455. The molecule has 0 aliphatic carbocycles. The van der Waals surface area contributed by atoms with E-state index in [2.05, 4.69) is 15.9 Å². The zero-order valence-corrected chi connectivity index (χ0v) is 10.1. The van der Waals surface area contributed by atoms with Gasteiger partial charge in [0.2, 0.25) is 0 Å². The summed E-state index contributed by atoms with van der Waals surface area (Å²) in [7, 11) is 0. The molecule has 0 fully saturated rings. The van der Waals surface area contributed by atoms with Gasteiger partial charge in [0.15, 0.2) is 0 Å². The number of halogens is 1. The molecule has 0 saturated heterocycles. The summed E-state index contributed by atoms with van der Waals surface area (Å²) in [5.41, 5.74) is 8.66. The van der Waals surface area contributed by atoms with Gasteiger partial charge in [-0.15, -0.1) is 0 Å². The second-order valence-corrected chi connectivity index (χ2v) is 4.35. The SMILES string of the molecule is Cc1ccc(Br)c(C)c1C(O)CCN. The molecular formula is C11H16BrNO. The van der Waals surface area contributed by atoms with Crippen LogP contribution in [0.5, 0.6) is 0 Å². The molecule has 0 radical (unpaired) electrons. The zero-order valence-electron chi connectivity index (χ0n) is 8.55. The standard InChI is InChI=1S/C11H16BrNO/c1-7-3-4-9(12)8(2)11(7)10(14)5-6-13/h3-4,10,14H,5-6,13H2,1-2H3. The summed E-state index contributed by atoms with van der Waals surface area (Å²) in [6.45, 7) is 4.52. The lowest BCUT2D eigenvalue weighted by molar-refractivity contribution is 0.169. The van der Waals surface area contributed by atoms with E-state index in [1.165, 1.54) is 0 Å². The molecular weight excluding hydrogens is 242 g/mol. The fourth-order valence-corrected chi connectivity index (χ4v) is 2.00. The van der Waals surface area contributed by atoms with Crippen LogP contribution in [0.3, 0.4) is 0 Å². The van der Waals surface area contributed by atoms with Crippen LogP contribution in [0.1, 0.15) is 29.2 Å². The minimum Gasteiger partial charge on any atom is -0.388 e. The third-order valence-corrected chi connectivity index (χ3v) is 3.30. The number of benzene rings is 1. The van der Waals surface area contributed by atoms with Crippen molar-refractivity contribution in [3.63, 3.8) is 0 Å². The summed E-state index contributed by atoms with van der Waals surface area (Å²) in [6, 6.07) is 4.01. The Hall–Kier alpha value is -0.380. The molecule has 1 atom stereocenters. The van der Waals surface area contributed by atoms with Gasteiger partial charge in [0.25, 0.3) is 0 Å². The minimum absolute atomic E-state index is 0.447. The van der Waals surface area contributed by atoms with Crippen molar-refractivity contribution in [2.45, 2.75) is 26.4 Å². The molecule has 0 aliphatic heterocycles. The van der Waals surface area contributed by atoms with E-state index in [0.29, 0.717) is 13.0 Å². The number of rotatable bonds is 3. The summed E-state index contributed by atoms with van der Waals surface area (Å²) >= 11 is 3.46. The molecule has 1 rings (SSSR count). The Kier molecular flexibility index (Phi) is 4.11. The Labute approximate surface area is 93.3 Å². The van der Waals surface area contributed by atoms with E-state index < -0.39 is 6.10 Å². The second-order valence-electron chi connectivity index (χ2n) is 3.50. The maximum atomic E-state index is 9.91. The summed E-state index contributed by atoms with van der Waals surface area (Å²) in [5, 5.41) is 9.91. The Bertz CT molecular complexity index is 325. The summed E-state index contributed by atoms with van der Waals surface area (Å²) in [4.78, 5) is 0. The average molecular weight is 258 g/mol. The molecule has 1 aromatic rings. The van der Waals surface area contributed by atoms with Crippen molar-refractivity contribution in [3.05, 3.63) is 33.3 Å². The normalized spacial score (nSPS) is 12.9. The fourth-order valence-electron chi connectivity index (χ4n) is 1.65. The van der Waals surface area contributed by atoms with Crippen molar-refractivity contribution in [3.8, 4) is 0 Å². The Morgan fingerprint density at radius 2 is 2.07 bits per heavy atom. The van der Waals surface area contributed by atoms with Gasteiger partial charge >= 0.3 is 0 Å². The second kappa shape index (κ2) is 4.91. The highest BCUT2D eigenvalue weighted by Crippen LogP contribution is 2.29. The molecule has 0 amide bonds. The topological polar surface area (TPSA) is 46.2 Å². The quantitative estimate of drug-likeness (QED) is 0.874. The van der Waals surface area contributed by atoms with Crippen LogP contribution in [0.15, 0.2) is 16.6 Å². The van der Waals surface area contributed by atoms with Gasteiger partial charge in [-0.1, -0.05) is 22.0 Å². The molecule has 0 aromatic heterocycles. The number of hydrogen-bond acceptors (Lipinski definition) is 2. The van der Waals surface area contributed by atoms with E-state index in [0.717, 1.165) is 21.2 Å². The lowest BCUT2D eigenvalue weighted by atomic mass is 9.96. The molecule has 0 saturated carbocycles. The lowest BCUT2D eigenvalue weighted by Crippen LogP contribution is -2.09. The van der Waals surface area contributed by atoms with Crippen LogP contribution < -0.4 is 5.73 Å². The molecule has 0 heterocycles. The van der Waals surface area contributed by atoms with Crippen LogP contribution in [-0.2, 0) is 0 Å². The van der Waals surface area contributed by atoms with E-state index in [9.17, 15) is 5.11 Å². The van der Waals surface area contributed by atoms with Gasteiger partial charge in [0.05, 0.1) is 6.10 Å². The molecule has 3 N–H and O–H groups in total. The largest absolute Gasteiger partial charge is 0.388 e. The zero-order chi connectivity index (χ0) is 10.7. The lowest BCUT2D eigenvalue weighted by Gasteiger charge is -2.16. The molecule has 14 heavy (non-hydrogen) atoms. The molecule has 0 spiro atoms. The van der Waals surface area contributed by atoms with Crippen molar-refractivity contribution in [2.24, 2.45) is 5.73 Å². The third-order valence-electron chi connectivity index (χ3n) is 2.44. The van der Waals surface area contributed by atoms with Gasteiger partial charge in [0.1, 0.15) is 0 Å². The van der Waals surface area contributed by atoms with E-state index in [1.54, 1.807) is 0 Å². The van der Waals surface area contributed by atoms with E-state index in [1.807, 2.05) is 26.0 Å². The molecule has 2 nitrogen and oxygen atoms in total. The van der Waals surface area contributed by atoms with Crippen molar-refractivity contribution in [1.29, 1.82) is 0 Å². The van der Waals surface area contributed by atoms with Gasteiger partial charge in [0, 0.05) is 4.47 Å². The van der Waals surface area contributed by atoms with Crippen LogP contribution >= 0.6 is 15.9 Å². The van der Waals surface area contributed by atoms with Gasteiger partial charge in [-0.05, 0) is 49.6 Å². The van der Waals surface area contributed by atoms with Crippen LogP contribution in [-0.4, -0.2) is 11.7 Å². The first-order valence-corrected chi connectivity index (χ1v) is 5.51. The number of hydrogen-bond donors (Lipinski definition) is 2. The number of aryl methyl sites for hydroxylation is 1. The van der Waals surface area contributed by atoms with Crippen LogP contribution in [0, 0.1) is 13.8 Å². The maximum absolute atomic E-state index is 9.91. The number of nitrogens with two attached hydrogens (primary N) is 1. The Morgan fingerprint density at radius 3 is 2.64 bits per heavy atom. The highest BCUT2D eigenvalue weighted by atomic mass is 79.9. The van der Waals surface area contributed by atoms with Gasteiger partial charge in [-0.25, -0.2) is 0 Å². The average Bonchev–Trinajstić information content (AvgIpc) is 2.13. The minimum atomic E-state index is -0.447. The van der Waals surface area contributed by atoms with Crippen molar-refractivity contribution in [1.82, 2.24) is 0 Å². The van der Waals surface area contributed by atoms with Gasteiger partial charge in [-0.2, -0.15) is 0 Å². The Balaban J connectivity index is 3.11. The summed E-state index contributed by atoms with van der Waals surface area (Å²) < 4.78 is 1.04. The molecule has 78 valence electrons. The van der Waals surface area contributed by atoms with Crippen molar-refractivity contribution in [2.75, 3.05) is 6.54 Å². The monoisotopic (exact) mass is 257 g/mol. The van der Waals surface area contributed by atoms with Crippen molar-refractivity contribution < 1.29 is 5.11 Å². The van der Waals surface area contributed by atoms with Gasteiger partial charge < -0.3 is 10.8 Å². The molecule has 1 unspecified atom stereocenters. The van der Waals surface area contributed by atoms with Crippen molar-refractivity contribution >= 4 is 15.9 Å². The molecule has 0 aliphatic rings. The van der Waals surface area contributed by atoms with Crippen LogP contribution in [0.25, 0.3) is 0 Å². The molecule has 3 heteroatoms. The maximum Gasteiger partial charge on any atom is 0.0807 e. The third kappa shape index (κ3) is 2.35. The predicted molar refractivity (Wildman–Crippen MR) is 62.2 cm³/mol. The summed E-state index contributed by atoms with van der Waals surface area (Å²) in [5.74, 6) is 0. The number of aliphatic hydroxyl groups is 1. The predicted octanol–water partition coefficient (Wildman–Crippen LogP) is 2.45. The summed E-state index contributed by atoms with van der Waals surface area (Å²) in [6.07, 6.45) is 0.162. The molecule has 1 aromatic carbocycles. The van der Waals surface area contributed by atoms with Crippen LogP contribution in [0.4, 0.5) is 0 Å². The number of aliphatic hydroxyl groups excluding tert-OH is 1. The van der Waals surface area contributed by atoms with Gasteiger partial charge in [-0.3, -0.25) is 0 Å². The first-order valence-electron chi connectivity index (χ1n) is 4.71. The highest BCUT2D eigenvalue weighted by Gasteiger charge is 2.13. The first-order chi connectivity index (χ1) is 6.57. The highest BCUT2D eigenvalue weighted by molar-refractivity contribution is 9.10. The van der Waals surface area contributed by atoms with E-state index in [-0.39, 0.29) is 0 Å². The molecule has 0 bridgehead atoms.